The molecule has 2 atom stereocenters. The summed E-state index contributed by atoms with van der Waals surface area (Å²) in [5.74, 6) is 0. The highest BCUT2D eigenvalue weighted by Gasteiger charge is 2.18. The molecule has 0 bridgehead atoms. The van der Waals surface area contributed by atoms with E-state index >= 15 is 0 Å². The zero-order valence-corrected chi connectivity index (χ0v) is 7.41. The zero-order chi connectivity index (χ0) is 10.4. The molecule has 0 aliphatic rings. The molecule has 0 aromatic carbocycles. The number of nitrogens with zero attached hydrogens (tertiary/aromatic N) is 4. The lowest BCUT2D eigenvalue weighted by atomic mass is 10.1. The molecule has 3 N–H and O–H groups in total. The molecule has 0 aliphatic heterocycles. The quantitative estimate of drug-likeness (QED) is 0.362. The maximum atomic E-state index is 9.52. The third kappa shape index (κ3) is 2.74. The van der Waals surface area contributed by atoms with Crippen LogP contribution in [0.2, 0.25) is 0 Å². The maximum absolute atomic E-state index is 9.52. The van der Waals surface area contributed by atoms with Crippen molar-refractivity contribution in [1.29, 1.82) is 0 Å². The molecule has 2 unspecified atom stereocenters. The number of H-pyrrole nitrogens is 1. The van der Waals surface area contributed by atoms with Crippen molar-refractivity contribution in [2.24, 2.45) is 5.11 Å². The first-order chi connectivity index (χ1) is 6.75. The molecule has 1 rings (SSSR count). The van der Waals surface area contributed by atoms with Gasteiger partial charge in [0.1, 0.15) is 6.10 Å². The van der Waals surface area contributed by atoms with Crippen LogP contribution in [0.25, 0.3) is 10.4 Å². The Balaban J connectivity index is 2.44. The number of hydrogen-bond acceptors (Lipinski definition) is 4. The van der Waals surface area contributed by atoms with Crippen molar-refractivity contribution < 1.29 is 10.2 Å². The molecule has 0 saturated heterocycles. The van der Waals surface area contributed by atoms with Crippen molar-refractivity contribution in [3.05, 3.63) is 28.7 Å². The predicted octanol–water partition coefficient (Wildman–Crippen LogP) is 0.504. The summed E-state index contributed by atoms with van der Waals surface area (Å²) in [4.78, 5) is 8.94. The van der Waals surface area contributed by atoms with Crippen LogP contribution >= 0.6 is 0 Å². The monoisotopic (exact) mass is 197 g/mol. The van der Waals surface area contributed by atoms with Crippen molar-refractivity contribution in [3.8, 4) is 0 Å². The number of imidazole rings is 1. The largest absolute Gasteiger partial charge is 0.390 e. The van der Waals surface area contributed by atoms with Gasteiger partial charge in [-0.1, -0.05) is 5.11 Å². The number of rotatable bonds is 5. The summed E-state index contributed by atoms with van der Waals surface area (Å²) in [5, 5.41) is 22.2. The van der Waals surface area contributed by atoms with Gasteiger partial charge < -0.3 is 15.2 Å². The van der Waals surface area contributed by atoms with E-state index in [1.807, 2.05) is 0 Å². The van der Waals surface area contributed by atoms with E-state index in [1.165, 1.54) is 12.5 Å². The second-order valence-electron chi connectivity index (χ2n) is 2.76. The van der Waals surface area contributed by atoms with Gasteiger partial charge in [0.05, 0.1) is 24.3 Å². The molecule has 7 nitrogen and oxygen atoms in total. The normalized spacial score (nSPS) is 14.4. The number of nitrogens with one attached hydrogen (secondary N) is 1. The fourth-order valence-electron chi connectivity index (χ4n) is 1.03. The van der Waals surface area contributed by atoms with E-state index in [2.05, 4.69) is 20.0 Å². The Morgan fingerprint density at radius 2 is 2.43 bits per heavy atom. The fraction of sp³-hybridized carbons (Fsp3) is 0.571. The van der Waals surface area contributed by atoms with Gasteiger partial charge >= 0.3 is 0 Å². The van der Waals surface area contributed by atoms with Gasteiger partial charge in [-0.15, -0.1) is 0 Å². The molecule has 0 spiro atoms. The second kappa shape index (κ2) is 5.23. The minimum absolute atomic E-state index is 0.156. The van der Waals surface area contributed by atoms with E-state index in [9.17, 15) is 10.2 Å². The lowest BCUT2D eigenvalue weighted by Crippen LogP contribution is -2.19. The predicted molar refractivity (Wildman–Crippen MR) is 48.2 cm³/mol. The van der Waals surface area contributed by atoms with Crippen LogP contribution in [-0.4, -0.2) is 32.8 Å². The highest BCUT2D eigenvalue weighted by atomic mass is 16.3. The summed E-state index contributed by atoms with van der Waals surface area (Å²) in [7, 11) is 0. The fourth-order valence-corrected chi connectivity index (χ4v) is 1.03. The molecule has 0 aliphatic carbocycles. The highest BCUT2D eigenvalue weighted by Crippen LogP contribution is 2.15. The molecular formula is C7H11N5O2. The Morgan fingerprint density at radius 3 is 3.00 bits per heavy atom. The van der Waals surface area contributed by atoms with Gasteiger partial charge in [0.2, 0.25) is 0 Å². The van der Waals surface area contributed by atoms with Crippen molar-refractivity contribution in [1.82, 2.24) is 9.97 Å². The number of hydrogen-bond donors (Lipinski definition) is 3. The number of aromatic amines is 1. The minimum atomic E-state index is -1.02. The van der Waals surface area contributed by atoms with Crippen LogP contribution in [0.5, 0.6) is 0 Å². The van der Waals surface area contributed by atoms with Crippen LogP contribution in [-0.2, 0) is 0 Å². The molecule has 0 amide bonds. The van der Waals surface area contributed by atoms with Gasteiger partial charge in [0, 0.05) is 11.5 Å². The second-order valence-corrected chi connectivity index (χ2v) is 2.76. The first kappa shape index (κ1) is 10.5. The van der Waals surface area contributed by atoms with Crippen molar-refractivity contribution in [2.45, 2.75) is 18.6 Å². The number of azide groups is 1. The van der Waals surface area contributed by atoms with Gasteiger partial charge in [-0.05, 0) is 12.0 Å². The van der Waals surface area contributed by atoms with Crippen LogP contribution in [0.15, 0.2) is 17.6 Å². The molecule has 0 saturated carbocycles. The average molecular weight is 197 g/mol. The lowest BCUT2D eigenvalue weighted by molar-refractivity contribution is 0.0127. The molecule has 1 heterocycles. The minimum Gasteiger partial charge on any atom is -0.390 e. The van der Waals surface area contributed by atoms with E-state index in [0.717, 1.165) is 0 Å². The van der Waals surface area contributed by atoms with Gasteiger partial charge in [0.15, 0.2) is 0 Å². The Kier molecular flexibility index (Phi) is 3.93. The summed E-state index contributed by atoms with van der Waals surface area (Å²) in [6, 6.07) is 0. The average Bonchev–Trinajstić information content (AvgIpc) is 2.69. The SMILES string of the molecule is [N-]=[N+]=NCCC(O)C(O)c1cnc[nH]1. The summed E-state index contributed by atoms with van der Waals surface area (Å²) < 4.78 is 0. The lowest BCUT2D eigenvalue weighted by Gasteiger charge is -2.14. The zero-order valence-electron chi connectivity index (χ0n) is 7.41. The van der Waals surface area contributed by atoms with Crippen LogP contribution in [0, 0.1) is 0 Å². The first-order valence-electron chi connectivity index (χ1n) is 4.11. The van der Waals surface area contributed by atoms with Crippen LogP contribution in [0.4, 0.5) is 0 Å². The van der Waals surface area contributed by atoms with Crippen LogP contribution in [0.1, 0.15) is 18.2 Å². The molecule has 7 heteroatoms. The maximum Gasteiger partial charge on any atom is 0.121 e. The summed E-state index contributed by atoms with van der Waals surface area (Å²) in [6.45, 7) is 0.156. The molecule has 0 fully saturated rings. The topological polar surface area (TPSA) is 118 Å². The Labute approximate surface area is 80.0 Å². The molecule has 0 radical (unpaired) electrons. The molecule has 1 aromatic rings. The van der Waals surface area contributed by atoms with Crippen molar-refractivity contribution >= 4 is 0 Å². The smallest absolute Gasteiger partial charge is 0.121 e. The molecule has 1 aromatic heterocycles. The Morgan fingerprint density at radius 1 is 1.64 bits per heavy atom. The molecular weight excluding hydrogens is 186 g/mol. The summed E-state index contributed by atoms with van der Waals surface area (Å²) in [6.07, 6.45) is 1.08. The van der Waals surface area contributed by atoms with Gasteiger partial charge in [0.25, 0.3) is 0 Å². The van der Waals surface area contributed by atoms with E-state index in [-0.39, 0.29) is 13.0 Å². The highest BCUT2D eigenvalue weighted by molar-refractivity contribution is 5.01. The summed E-state index contributed by atoms with van der Waals surface area (Å²) in [5.41, 5.74) is 8.44. The van der Waals surface area contributed by atoms with Crippen molar-refractivity contribution in [2.75, 3.05) is 6.54 Å². The van der Waals surface area contributed by atoms with E-state index < -0.39 is 12.2 Å². The van der Waals surface area contributed by atoms with Crippen LogP contribution in [0.3, 0.4) is 0 Å². The van der Waals surface area contributed by atoms with Gasteiger partial charge in [-0.2, -0.15) is 0 Å². The number of aliphatic hydroxyl groups excluding tert-OH is 2. The third-order valence-corrected chi connectivity index (χ3v) is 1.79. The third-order valence-electron chi connectivity index (χ3n) is 1.79. The van der Waals surface area contributed by atoms with Gasteiger partial charge in [-0.3, -0.25) is 0 Å². The van der Waals surface area contributed by atoms with Crippen LogP contribution < -0.4 is 0 Å². The summed E-state index contributed by atoms with van der Waals surface area (Å²) >= 11 is 0. The Bertz CT molecular complexity index is 306. The number of aromatic nitrogens is 2. The van der Waals surface area contributed by atoms with E-state index in [0.29, 0.717) is 5.69 Å². The van der Waals surface area contributed by atoms with Gasteiger partial charge in [-0.25, -0.2) is 4.98 Å². The Hall–Kier alpha value is -1.56. The number of aliphatic hydroxyl groups is 2. The van der Waals surface area contributed by atoms with Crippen molar-refractivity contribution in [3.63, 3.8) is 0 Å². The molecule has 14 heavy (non-hydrogen) atoms. The molecule has 76 valence electrons. The first-order valence-corrected chi connectivity index (χ1v) is 4.11. The standard InChI is InChI=1S/C7H11N5O2/c8-12-11-2-1-6(13)7(14)5-3-9-4-10-5/h3-4,6-7,13-14H,1-2H2,(H,9,10). The van der Waals surface area contributed by atoms with E-state index in [4.69, 9.17) is 5.53 Å². The van der Waals surface area contributed by atoms with E-state index in [1.54, 1.807) is 0 Å².